The van der Waals surface area contributed by atoms with Crippen molar-refractivity contribution >= 4 is 5.97 Å². The second-order valence-corrected chi connectivity index (χ2v) is 5.98. The summed E-state index contributed by atoms with van der Waals surface area (Å²) < 4.78 is 0. The number of unbranched alkanes of at least 4 members (excludes halogenated alkanes) is 12. The summed E-state index contributed by atoms with van der Waals surface area (Å²) in [5, 5.41) is 8.65. The van der Waals surface area contributed by atoms with Crippen molar-refractivity contribution < 1.29 is 9.90 Å². The molecule has 0 aromatic rings. The molecule has 3 N–H and O–H groups in total. The number of aliphatic carboxylic acids is 1. The van der Waals surface area contributed by atoms with E-state index in [2.05, 4.69) is 6.92 Å². The Labute approximate surface area is 125 Å². The highest BCUT2D eigenvalue weighted by Gasteiger charge is 2.09. The first-order valence-electron chi connectivity index (χ1n) is 8.67. The van der Waals surface area contributed by atoms with Gasteiger partial charge in [-0.25, -0.2) is 0 Å². The van der Waals surface area contributed by atoms with Crippen LogP contribution in [0.4, 0.5) is 0 Å². The molecule has 20 heavy (non-hydrogen) atoms. The molecule has 3 nitrogen and oxygen atoms in total. The van der Waals surface area contributed by atoms with E-state index in [1.165, 1.54) is 70.6 Å². The average molecular weight is 285 g/mol. The summed E-state index contributed by atoms with van der Waals surface area (Å²) >= 11 is 0. The van der Waals surface area contributed by atoms with E-state index in [0.717, 1.165) is 12.8 Å². The zero-order chi connectivity index (χ0) is 15.1. The van der Waals surface area contributed by atoms with E-state index in [9.17, 15) is 4.79 Å². The maximum absolute atomic E-state index is 10.5. The highest BCUT2D eigenvalue weighted by molar-refractivity contribution is 5.72. The molecule has 0 spiro atoms. The number of hydrogen-bond acceptors (Lipinski definition) is 2. The van der Waals surface area contributed by atoms with E-state index in [0.29, 0.717) is 6.42 Å². The number of carboxylic acids is 1. The van der Waals surface area contributed by atoms with Gasteiger partial charge in [-0.3, -0.25) is 4.79 Å². The molecule has 0 aromatic carbocycles. The molecule has 0 heterocycles. The van der Waals surface area contributed by atoms with E-state index in [-0.39, 0.29) is 0 Å². The molecule has 0 saturated heterocycles. The van der Waals surface area contributed by atoms with Gasteiger partial charge in [0.1, 0.15) is 6.04 Å². The molecule has 0 amide bonds. The molecule has 0 radical (unpaired) electrons. The lowest BCUT2D eigenvalue weighted by Gasteiger charge is -2.06. The van der Waals surface area contributed by atoms with Crippen molar-refractivity contribution in [3.63, 3.8) is 0 Å². The van der Waals surface area contributed by atoms with Crippen LogP contribution in [0.15, 0.2) is 0 Å². The maximum Gasteiger partial charge on any atom is 0.320 e. The van der Waals surface area contributed by atoms with Crippen molar-refractivity contribution in [2.24, 2.45) is 5.73 Å². The zero-order valence-electron chi connectivity index (χ0n) is 13.4. The molecule has 0 aliphatic rings. The molecular weight excluding hydrogens is 250 g/mol. The van der Waals surface area contributed by atoms with Gasteiger partial charge in [-0.2, -0.15) is 0 Å². The maximum atomic E-state index is 10.5. The number of nitrogens with two attached hydrogens (primary N) is 1. The second kappa shape index (κ2) is 14.8. The topological polar surface area (TPSA) is 63.3 Å². The molecule has 0 fully saturated rings. The fourth-order valence-corrected chi connectivity index (χ4v) is 2.51. The van der Waals surface area contributed by atoms with Gasteiger partial charge >= 0.3 is 5.97 Å². The Morgan fingerprint density at radius 2 is 1.15 bits per heavy atom. The Morgan fingerprint density at radius 3 is 1.50 bits per heavy atom. The Morgan fingerprint density at radius 1 is 0.800 bits per heavy atom. The molecular formula is C17H35NO2. The molecule has 1 atom stereocenters. The van der Waals surface area contributed by atoms with Gasteiger partial charge in [0.25, 0.3) is 0 Å². The second-order valence-electron chi connectivity index (χ2n) is 5.98. The van der Waals surface area contributed by atoms with E-state index in [1.807, 2.05) is 0 Å². The van der Waals surface area contributed by atoms with Crippen molar-refractivity contribution in [2.45, 2.75) is 103 Å². The van der Waals surface area contributed by atoms with Crippen molar-refractivity contribution in [3.8, 4) is 0 Å². The first-order valence-corrected chi connectivity index (χ1v) is 8.67. The summed E-state index contributed by atoms with van der Waals surface area (Å²) in [5.74, 6) is -0.871. The lowest BCUT2D eigenvalue weighted by atomic mass is 10.0. The molecule has 0 saturated carbocycles. The summed E-state index contributed by atoms with van der Waals surface area (Å²) in [6.45, 7) is 2.26. The van der Waals surface area contributed by atoms with Gasteiger partial charge in [-0.05, 0) is 6.42 Å². The molecule has 0 rings (SSSR count). The smallest absolute Gasteiger partial charge is 0.320 e. The normalized spacial score (nSPS) is 12.5. The third kappa shape index (κ3) is 13.9. The van der Waals surface area contributed by atoms with Crippen LogP contribution in [0, 0.1) is 0 Å². The van der Waals surface area contributed by atoms with Gasteiger partial charge in [-0.1, -0.05) is 90.4 Å². The summed E-state index contributed by atoms with van der Waals surface area (Å²) in [6, 6.07) is -0.664. The van der Waals surface area contributed by atoms with Crippen molar-refractivity contribution in [3.05, 3.63) is 0 Å². The van der Waals surface area contributed by atoms with Gasteiger partial charge in [0.15, 0.2) is 0 Å². The van der Waals surface area contributed by atoms with E-state index >= 15 is 0 Å². The van der Waals surface area contributed by atoms with Gasteiger partial charge in [-0.15, -0.1) is 0 Å². The van der Waals surface area contributed by atoms with Gasteiger partial charge < -0.3 is 10.8 Å². The third-order valence-electron chi connectivity index (χ3n) is 3.94. The summed E-state index contributed by atoms with van der Waals surface area (Å²) in [4.78, 5) is 10.5. The fourth-order valence-electron chi connectivity index (χ4n) is 2.51. The number of rotatable bonds is 15. The number of hydrogen-bond donors (Lipinski definition) is 2. The molecule has 0 unspecified atom stereocenters. The Kier molecular flexibility index (Phi) is 14.4. The quantitative estimate of drug-likeness (QED) is 0.421. The van der Waals surface area contributed by atoms with Gasteiger partial charge in [0.05, 0.1) is 0 Å². The molecule has 120 valence electrons. The van der Waals surface area contributed by atoms with Crippen molar-refractivity contribution in [1.29, 1.82) is 0 Å². The Bertz CT molecular complexity index is 219. The number of carbonyl (C=O) groups is 1. The largest absolute Gasteiger partial charge is 0.480 e. The minimum absolute atomic E-state index is 0.618. The first-order chi connectivity index (χ1) is 9.68. The summed E-state index contributed by atoms with van der Waals surface area (Å²) in [6.07, 6.45) is 17.6. The molecule has 0 aromatic heterocycles. The lowest BCUT2D eigenvalue weighted by Crippen LogP contribution is -2.29. The SMILES string of the molecule is CCCCCCCCCCCCCCC[C@@H](N)C(=O)O. The summed E-state index contributed by atoms with van der Waals surface area (Å²) in [5.41, 5.74) is 5.46. The van der Waals surface area contributed by atoms with Crippen LogP contribution in [0.2, 0.25) is 0 Å². The van der Waals surface area contributed by atoms with Crippen LogP contribution in [0.1, 0.15) is 96.8 Å². The minimum Gasteiger partial charge on any atom is -0.480 e. The standard InChI is InChI=1S/C17H35NO2/c1-2-3-4-5-6-7-8-9-10-11-12-13-14-15-16(18)17(19)20/h16H,2-15,18H2,1H3,(H,19,20)/t16-/m1/s1. The monoisotopic (exact) mass is 285 g/mol. The first kappa shape index (κ1) is 19.4. The average Bonchev–Trinajstić information content (AvgIpc) is 2.43. The molecule has 0 aliphatic carbocycles. The predicted molar refractivity (Wildman–Crippen MR) is 85.9 cm³/mol. The van der Waals surface area contributed by atoms with E-state index in [1.54, 1.807) is 0 Å². The highest BCUT2D eigenvalue weighted by atomic mass is 16.4. The van der Waals surface area contributed by atoms with Crippen molar-refractivity contribution in [1.82, 2.24) is 0 Å². The lowest BCUT2D eigenvalue weighted by molar-refractivity contribution is -0.138. The zero-order valence-corrected chi connectivity index (χ0v) is 13.4. The van der Waals surface area contributed by atoms with Gasteiger partial charge in [0.2, 0.25) is 0 Å². The van der Waals surface area contributed by atoms with Crippen LogP contribution in [0.25, 0.3) is 0 Å². The molecule has 0 aliphatic heterocycles. The Hall–Kier alpha value is -0.570. The van der Waals surface area contributed by atoms with E-state index in [4.69, 9.17) is 10.8 Å². The van der Waals surface area contributed by atoms with Crippen LogP contribution in [0.3, 0.4) is 0 Å². The molecule has 3 heteroatoms. The van der Waals surface area contributed by atoms with Crippen LogP contribution in [-0.2, 0) is 4.79 Å². The minimum atomic E-state index is -0.871. The summed E-state index contributed by atoms with van der Waals surface area (Å²) in [7, 11) is 0. The van der Waals surface area contributed by atoms with Crippen LogP contribution >= 0.6 is 0 Å². The fraction of sp³-hybridized carbons (Fsp3) is 0.941. The third-order valence-corrected chi connectivity index (χ3v) is 3.94. The molecule has 0 bridgehead atoms. The predicted octanol–water partition coefficient (Wildman–Crippen LogP) is 4.88. The van der Waals surface area contributed by atoms with Crippen molar-refractivity contribution in [2.75, 3.05) is 0 Å². The number of carboxylic acid groups (broad SMARTS) is 1. The van der Waals surface area contributed by atoms with Crippen LogP contribution in [0.5, 0.6) is 0 Å². The highest BCUT2D eigenvalue weighted by Crippen LogP contribution is 2.13. The van der Waals surface area contributed by atoms with Crippen LogP contribution in [-0.4, -0.2) is 17.1 Å². The van der Waals surface area contributed by atoms with Crippen LogP contribution < -0.4 is 5.73 Å². The van der Waals surface area contributed by atoms with Gasteiger partial charge in [0, 0.05) is 0 Å². The Balaban J connectivity index is 3.04. The van der Waals surface area contributed by atoms with E-state index < -0.39 is 12.0 Å².